The van der Waals surface area contributed by atoms with Crippen LogP contribution in [0.25, 0.3) is 0 Å². The molecule has 2 atom stereocenters. The Morgan fingerprint density at radius 1 is 1.05 bits per heavy atom. The van der Waals surface area contributed by atoms with Crippen LogP contribution >= 0.6 is 12.4 Å². The van der Waals surface area contributed by atoms with Crippen LogP contribution in [0.15, 0.2) is 0 Å². The van der Waals surface area contributed by atoms with Crippen LogP contribution in [-0.2, 0) is 9.59 Å². The highest BCUT2D eigenvalue weighted by Gasteiger charge is 2.33. The summed E-state index contributed by atoms with van der Waals surface area (Å²) in [4.78, 5) is 26.0. The quantitative estimate of drug-likeness (QED) is 0.819. The van der Waals surface area contributed by atoms with Gasteiger partial charge in [-0.3, -0.25) is 9.59 Å². The summed E-state index contributed by atoms with van der Waals surface area (Å²) < 4.78 is 0. The molecule has 0 aromatic carbocycles. The number of carbonyl (C=O) groups is 2. The second-order valence-electron chi connectivity index (χ2n) is 7.00. The van der Waals surface area contributed by atoms with Gasteiger partial charge in [-0.2, -0.15) is 0 Å². The third-order valence-corrected chi connectivity index (χ3v) is 5.30. The Kier molecular flexibility index (Phi) is 6.09. The van der Waals surface area contributed by atoms with E-state index in [4.69, 9.17) is 5.73 Å². The summed E-state index contributed by atoms with van der Waals surface area (Å²) in [7, 11) is 0. The molecule has 3 aliphatic rings. The number of hydrogen-bond donors (Lipinski definition) is 2. The molecule has 2 aliphatic carbocycles. The van der Waals surface area contributed by atoms with E-state index < -0.39 is 0 Å². The number of nitrogens with zero attached hydrogens (tertiary/aromatic N) is 1. The Labute approximate surface area is 138 Å². The largest absolute Gasteiger partial charge is 0.353 e. The van der Waals surface area contributed by atoms with E-state index in [0.29, 0.717) is 12.3 Å². The monoisotopic (exact) mass is 329 g/mol. The van der Waals surface area contributed by atoms with Gasteiger partial charge in [0.2, 0.25) is 11.8 Å². The lowest BCUT2D eigenvalue weighted by atomic mass is 9.98. The van der Waals surface area contributed by atoms with Gasteiger partial charge in [-0.25, -0.2) is 0 Å². The highest BCUT2D eigenvalue weighted by Crippen LogP contribution is 2.30. The molecule has 5 nitrogen and oxygen atoms in total. The third-order valence-electron chi connectivity index (χ3n) is 5.30. The van der Waals surface area contributed by atoms with E-state index in [0.717, 1.165) is 58.0 Å². The zero-order valence-electron chi connectivity index (χ0n) is 13.1. The van der Waals surface area contributed by atoms with Gasteiger partial charge >= 0.3 is 0 Å². The number of nitrogens with one attached hydrogen (secondary N) is 1. The Morgan fingerprint density at radius 2 is 1.73 bits per heavy atom. The highest BCUT2D eigenvalue weighted by molar-refractivity contribution is 5.85. The molecule has 0 bridgehead atoms. The van der Waals surface area contributed by atoms with Gasteiger partial charge in [-0.1, -0.05) is 6.42 Å². The van der Waals surface area contributed by atoms with E-state index in [-0.39, 0.29) is 42.2 Å². The van der Waals surface area contributed by atoms with Crippen LogP contribution in [0.1, 0.15) is 51.4 Å². The van der Waals surface area contributed by atoms with E-state index in [2.05, 4.69) is 5.32 Å². The molecule has 0 aromatic rings. The van der Waals surface area contributed by atoms with Gasteiger partial charge in [0.15, 0.2) is 0 Å². The van der Waals surface area contributed by atoms with Gasteiger partial charge in [0.1, 0.15) is 0 Å². The second-order valence-corrected chi connectivity index (χ2v) is 7.00. The van der Waals surface area contributed by atoms with Crippen molar-refractivity contribution in [2.75, 3.05) is 13.1 Å². The molecule has 6 heteroatoms. The predicted octanol–water partition coefficient (Wildman–Crippen LogP) is 1.44. The molecule has 1 heterocycles. The summed E-state index contributed by atoms with van der Waals surface area (Å²) in [5.41, 5.74) is 6.05. The van der Waals surface area contributed by atoms with Crippen molar-refractivity contribution in [3.8, 4) is 0 Å². The summed E-state index contributed by atoms with van der Waals surface area (Å²) in [5.74, 6) is 1.12. The van der Waals surface area contributed by atoms with Crippen molar-refractivity contribution in [2.45, 2.75) is 63.5 Å². The fraction of sp³-hybridized carbons (Fsp3) is 0.875. The van der Waals surface area contributed by atoms with Crippen LogP contribution in [0, 0.1) is 11.8 Å². The summed E-state index contributed by atoms with van der Waals surface area (Å²) in [6.45, 7) is 1.55. The van der Waals surface area contributed by atoms with E-state index in [1.807, 2.05) is 4.90 Å². The first-order valence-electron chi connectivity index (χ1n) is 8.47. The van der Waals surface area contributed by atoms with Gasteiger partial charge in [-0.05, 0) is 44.4 Å². The normalized spacial score (nSPS) is 29.0. The minimum absolute atomic E-state index is 0. The van der Waals surface area contributed by atoms with Crippen LogP contribution < -0.4 is 11.1 Å². The van der Waals surface area contributed by atoms with Crippen molar-refractivity contribution in [3.63, 3.8) is 0 Å². The number of carbonyl (C=O) groups excluding carboxylic acids is 2. The molecule has 3 N–H and O–H groups in total. The molecule has 3 fully saturated rings. The average Bonchev–Trinajstić information content (AvgIpc) is 3.25. The van der Waals surface area contributed by atoms with Gasteiger partial charge < -0.3 is 16.0 Å². The van der Waals surface area contributed by atoms with E-state index in [1.54, 1.807) is 0 Å². The van der Waals surface area contributed by atoms with Gasteiger partial charge in [0, 0.05) is 37.5 Å². The fourth-order valence-corrected chi connectivity index (χ4v) is 3.61. The van der Waals surface area contributed by atoms with Crippen molar-refractivity contribution >= 4 is 24.2 Å². The van der Waals surface area contributed by atoms with Gasteiger partial charge in [-0.15, -0.1) is 12.4 Å². The van der Waals surface area contributed by atoms with E-state index in [9.17, 15) is 9.59 Å². The third kappa shape index (κ3) is 4.35. The highest BCUT2D eigenvalue weighted by atomic mass is 35.5. The Bertz CT molecular complexity index is 406. The number of piperidine rings is 1. The first kappa shape index (κ1) is 17.5. The van der Waals surface area contributed by atoms with Crippen molar-refractivity contribution in [3.05, 3.63) is 0 Å². The van der Waals surface area contributed by atoms with E-state index >= 15 is 0 Å². The molecule has 2 amide bonds. The maximum absolute atomic E-state index is 12.3. The number of hydrogen-bond acceptors (Lipinski definition) is 3. The van der Waals surface area contributed by atoms with Crippen molar-refractivity contribution in [2.24, 2.45) is 17.6 Å². The Balaban J connectivity index is 0.00000176. The first-order valence-corrected chi connectivity index (χ1v) is 8.47. The molecule has 1 saturated heterocycles. The summed E-state index contributed by atoms with van der Waals surface area (Å²) in [6, 6.07) is 0.472. The number of amides is 2. The van der Waals surface area contributed by atoms with Crippen LogP contribution in [-0.4, -0.2) is 41.9 Å². The average molecular weight is 330 g/mol. The topological polar surface area (TPSA) is 75.4 Å². The number of rotatable bonds is 4. The number of likely N-dealkylation sites (tertiary alicyclic amines) is 1. The van der Waals surface area contributed by atoms with Crippen LogP contribution in [0.3, 0.4) is 0 Å². The maximum atomic E-state index is 12.3. The standard InChI is InChI=1S/C16H27N3O2.ClH/c17-14-3-1-2-12(14)10-15(20)19-8-6-13(7-9-19)18-16(21)11-4-5-11;/h11-14H,1-10,17H2,(H,18,21);1H/t12-,14+;/m0./s1. The lowest BCUT2D eigenvalue weighted by molar-refractivity contribution is -0.133. The second kappa shape index (κ2) is 7.64. The molecule has 3 rings (SSSR count). The minimum Gasteiger partial charge on any atom is -0.353 e. The Hall–Kier alpha value is -0.810. The summed E-state index contributed by atoms with van der Waals surface area (Å²) in [5, 5.41) is 3.12. The van der Waals surface area contributed by atoms with Crippen LogP contribution in [0.5, 0.6) is 0 Å². The Morgan fingerprint density at radius 3 is 2.27 bits per heavy atom. The van der Waals surface area contributed by atoms with Crippen molar-refractivity contribution < 1.29 is 9.59 Å². The van der Waals surface area contributed by atoms with Gasteiger partial charge in [0.05, 0.1) is 0 Å². The summed E-state index contributed by atoms with van der Waals surface area (Å²) in [6.07, 6.45) is 7.81. The lowest BCUT2D eigenvalue weighted by Gasteiger charge is -2.33. The molecule has 0 unspecified atom stereocenters. The minimum atomic E-state index is 0. The van der Waals surface area contributed by atoms with Crippen LogP contribution in [0.2, 0.25) is 0 Å². The zero-order valence-corrected chi connectivity index (χ0v) is 13.9. The van der Waals surface area contributed by atoms with Crippen LogP contribution in [0.4, 0.5) is 0 Å². The first-order chi connectivity index (χ1) is 10.1. The molecular weight excluding hydrogens is 302 g/mol. The molecule has 22 heavy (non-hydrogen) atoms. The zero-order chi connectivity index (χ0) is 14.8. The molecule has 2 saturated carbocycles. The lowest BCUT2D eigenvalue weighted by Crippen LogP contribution is -2.47. The SMILES string of the molecule is Cl.N[C@@H]1CCC[C@H]1CC(=O)N1CCC(NC(=O)C2CC2)CC1. The fourth-order valence-electron chi connectivity index (χ4n) is 3.61. The smallest absolute Gasteiger partial charge is 0.223 e. The molecule has 0 aromatic heterocycles. The molecule has 0 radical (unpaired) electrons. The molecule has 126 valence electrons. The molecular formula is C16H28ClN3O2. The summed E-state index contributed by atoms with van der Waals surface area (Å²) >= 11 is 0. The number of halogens is 1. The predicted molar refractivity (Wildman–Crippen MR) is 87.7 cm³/mol. The number of nitrogens with two attached hydrogens (primary N) is 1. The maximum Gasteiger partial charge on any atom is 0.223 e. The molecule has 1 aliphatic heterocycles. The van der Waals surface area contributed by atoms with E-state index in [1.165, 1.54) is 0 Å². The van der Waals surface area contributed by atoms with Crippen molar-refractivity contribution in [1.82, 2.24) is 10.2 Å². The van der Waals surface area contributed by atoms with Crippen molar-refractivity contribution in [1.29, 1.82) is 0 Å². The van der Waals surface area contributed by atoms with Gasteiger partial charge in [0.25, 0.3) is 0 Å². The molecule has 0 spiro atoms.